The Balaban J connectivity index is 1.71. The Bertz CT molecular complexity index is 835. The normalized spacial score (nSPS) is 16.8. The van der Waals surface area contributed by atoms with Gasteiger partial charge in [0.1, 0.15) is 21.8 Å². The van der Waals surface area contributed by atoms with E-state index < -0.39 is 15.9 Å². The lowest BCUT2D eigenvalue weighted by Crippen LogP contribution is -2.33. The van der Waals surface area contributed by atoms with Crippen molar-refractivity contribution in [3.8, 4) is 0 Å². The van der Waals surface area contributed by atoms with Gasteiger partial charge in [-0.1, -0.05) is 18.2 Å². The molecule has 0 saturated heterocycles. The minimum Gasteiger partial charge on any atom is -0.386 e. The van der Waals surface area contributed by atoms with E-state index in [0.29, 0.717) is 37.4 Å². The smallest absolute Gasteiger partial charge is 0.150 e. The first-order valence-corrected chi connectivity index (χ1v) is 9.76. The van der Waals surface area contributed by atoms with E-state index >= 15 is 0 Å². The molecule has 0 spiro atoms. The average Bonchev–Trinajstić information content (AvgIpc) is 2.91. The maximum Gasteiger partial charge on any atom is 0.150 e. The van der Waals surface area contributed by atoms with Crippen LogP contribution in [0, 0.1) is 5.82 Å². The molecule has 1 aromatic carbocycles. The van der Waals surface area contributed by atoms with Crippen LogP contribution < -0.4 is 0 Å². The molecular weight excluding hydrogens is 333 g/mol. The van der Waals surface area contributed by atoms with Gasteiger partial charge in [-0.15, -0.1) is 0 Å². The highest BCUT2D eigenvalue weighted by Crippen LogP contribution is 2.21. The lowest BCUT2D eigenvalue weighted by atomic mass is 10.1. The minimum absolute atomic E-state index is 0.221. The second-order valence-corrected chi connectivity index (χ2v) is 8.38. The zero-order valence-corrected chi connectivity index (χ0v) is 14.2. The molecule has 130 valence electrons. The molecule has 1 aliphatic rings. The molecule has 1 aromatic heterocycles. The molecule has 0 fully saturated rings. The Labute approximate surface area is 140 Å². The Morgan fingerprint density at radius 1 is 1.33 bits per heavy atom. The summed E-state index contributed by atoms with van der Waals surface area (Å²) in [6, 6.07) is 8.42. The Morgan fingerprint density at radius 3 is 2.79 bits per heavy atom. The number of aromatic nitrogens is 2. The van der Waals surface area contributed by atoms with Gasteiger partial charge in [0.2, 0.25) is 0 Å². The Morgan fingerprint density at radius 2 is 2.08 bits per heavy atom. The summed E-state index contributed by atoms with van der Waals surface area (Å²) in [5.41, 5.74) is 1.89. The third-order valence-electron chi connectivity index (χ3n) is 4.05. The molecule has 8 heteroatoms. The van der Waals surface area contributed by atoms with Crippen molar-refractivity contribution in [3.63, 3.8) is 0 Å². The van der Waals surface area contributed by atoms with Crippen LogP contribution in [0.4, 0.5) is 4.39 Å². The largest absolute Gasteiger partial charge is 0.386 e. The van der Waals surface area contributed by atoms with Crippen molar-refractivity contribution in [2.75, 3.05) is 18.6 Å². The summed E-state index contributed by atoms with van der Waals surface area (Å²) in [6.45, 7) is 2.41. The first kappa shape index (κ1) is 17.1. The van der Waals surface area contributed by atoms with Crippen molar-refractivity contribution < 1.29 is 17.9 Å². The highest BCUT2D eigenvalue weighted by atomic mass is 32.2. The molecular formula is C16H20FN3O3S. The van der Waals surface area contributed by atoms with Crippen LogP contribution in [-0.2, 0) is 29.5 Å². The SMILES string of the molecule is CS(=O)(=O)C[C@H](O)c1cc2n(n1)CCN(Cc1ccccc1F)C2. The van der Waals surface area contributed by atoms with Crippen LogP contribution in [0.2, 0.25) is 0 Å². The lowest BCUT2D eigenvalue weighted by Gasteiger charge is -2.27. The van der Waals surface area contributed by atoms with Gasteiger partial charge < -0.3 is 5.11 Å². The van der Waals surface area contributed by atoms with Crippen LogP contribution in [0.25, 0.3) is 0 Å². The van der Waals surface area contributed by atoms with Gasteiger partial charge in [0.25, 0.3) is 0 Å². The van der Waals surface area contributed by atoms with Crippen molar-refractivity contribution in [2.45, 2.75) is 25.7 Å². The Hall–Kier alpha value is -1.77. The highest BCUT2D eigenvalue weighted by Gasteiger charge is 2.23. The molecule has 0 radical (unpaired) electrons. The predicted molar refractivity (Wildman–Crippen MR) is 87.4 cm³/mol. The number of aliphatic hydroxyl groups excluding tert-OH is 1. The summed E-state index contributed by atoms with van der Waals surface area (Å²) < 4.78 is 38.2. The number of halogens is 1. The maximum atomic E-state index is 13.8. The van der Waals surface area contributed by atoms with Gasteiger partial charge in [-0.25, -0.2) is 12.8 Å². The van der Waals surface area contributed by atoms with Gasteiger partial charge in [-0.2, -0.15) is 5.10 Å². The monoisotopic (exact) mass is 353 g/mol. The molecule has 1 aliphatic heterocycles. The van der Waals surface area contributed by atoms with Gasteiger partial charge in [0.15, 0.2) is 0 Å². The minimum atomic E-state index is -3.28. The Kier molecular flexibility index (Phi) is 4.71. The van der Waals surface area contributed by atoms with Crippen LogP contribution >= 0.6 is 0 Å². The third kappa shape index (κ3) is 4.00. The maximum absolute atomic E-state index is 13.8. The summed E-state index contributed by atoms with van der Waals surface area (Å²) in [7, 11) is -3.28. The quantitative estimate of drug-likeness (QED) is 0.872. The zero-order chi connectivity index (χ0) is 17.3. The van der Waals surface area contributed by atoms with E-state index in [9.17, 15) is 17.9 Å². The second kappa shape index (κ2) is 6.62. The zero-order valence-electron chi connectivity index (χ0n) is 13.4. The second-order valence-electron chi connectivity index (χ2n) is 6.19. The van der Waals surface area contributed by atoms with Gasteiger partial charge >= 0.3 is 0 Å². The van der Waals surface area contributed by atoms with Crippen LogP contribution in [0.15, 0.2) is 30.3 Å². The number of sulfone groups is 1. The molecule has 0 saturated carbocycles. The number of aliphatic hydroxyl groups is 1. The number of rotatable bonds is 5. The summed E-state index contributed by atoms with van der Waals surface area (Å²) in [5.74, 6) is -0.566. The summed E-state index contributed by atoms with van der Waals surface area (Å²) in [6.07, 6.45) is -0.0411. The third-order valence-corrected chi connectivity index (χ3v) is 4.97. The van der Waals surface area contributed by atoms with E-state index in [1.807, 2.05) is 6.07 Å². The van der Waals surface area contributed by atoms with Crippen LogP contribution in [0.5, 0.6) is 0 Å². The molecule has 0 unspecified atom stereocenters. The topological polar surface area (TPSA) is 75.4 Å². The van der Waals surface area contributed by atoms with Gasteiger partial charge in [-0.05, 0) is 12.1 Å². The van der Waals surface area contributed by atoms with Crippen molar-refractivity contribution in [3.05, 3.63) is 53.1 Å². The van der Waals surface area contributed by atoms with Crippen molar-refractivity contribution in [1.29, 1.82) is 0 Å². The molecule has 1 N–H and O–H groups in total. The fourth-order valence-corrected chi connectivity index (χ4v) is 3.62. The summed E-state index contributed by atoms with van der Waals surface area (Å²) in [5, 5.41) is 14.3. The molecule has 0 aliphatic carbocycles. The number of benzene rings is 1. The van der Waals surface area contributed by atoms with Crippen molar-refractivity contribution >= 4 is 9.84 Å². The number of hydrogen-bond acceptors (Lipinski definition) is 5. The molecule has 2 heterocycles. The van der Waals surface area contributed by atoms with Crippen LogP contribution in [0.1, 0.15) is 23.1 Å². The van der Waals surface area contributed by atoms with Crippen molar-refractivity contribution in [1.82, 2.24) is 14.7 Å². The first-order chi connectivity index (χ1) is 11.3. The van der Waals surface area contributed by atoms with Crippen LogP contribution in [-0.4, -0.2) is 46.8 Å². The van der Waals surface area contributed by atoms with E-state index in [4.69, 9.17) is 0 Å². The molecule has 0 bridgehead atoms. The van der Waals surface area contributed by atoms with Crippen LogP contribution in [0.3, 0.4) is 0 Å². The van der Waals surface area contributed by atoms with Crippen molar-refractivity contribution in [2.24, 2.45) is 0 Å². The highest BCUT2D eigenvalue weighted by molar-refractivity contribution is 7.90. The first-order valence-electron chi connectivity index (χ1n) is 7.70. The number of hydrogen-bond donors (Lipinski definition) is 1. The standard InChI is InChI=1S/C16H20FN3O3S/c1-24(22,23)11-16(21)15-8-13-10-19(6-7-20(13)18-15)9-12-4-2-3-5-14(12)17/h2-5,8,16,21H,6-7,9-11H2,1H3/t16-/m0/s1. The summed E-state index contributed by atoms with van der Waals surface area (Å²) >= 11 is 0. The van der Waals surface area contributed by atoms with E-state index in [1.165, 1.54) is 6.07 Å². The molecule has 1 atom stereocenters. The van der Waals surface area contributed by atoms with E-state index in [2.05, 4.69) is 10.00 Å². The fraction of sp³-hybridized carbons (Fsp3) is 0.438. The molecule has 2 aromatic rings. The predicted octanol–water partition coefficient (Wildman–Crippen LogP) is 1.12. The summed E-state index contributed by atoms with van der Waals surface area (Å²) in [4.78, 5) is 2.10. The van der Waals surface area contributed by atoms with E-state index in [1.54, 1.807) is 22.9 Å². The van der Waals surface area contributed by atoms with Gasteiger partial charge in [-0.3, -0.25) is 9.58 Å². The molecule has 24 heavy (non-hydrogen) atoms. The van der Waals surface area contributed by atoms with E-state index in [0.717, 1.165) is 11.9 Å². The number of fused-ring (bicyclic) bond motifs is 1. The van der Waals surface area contributed by atoms with Gasteiger partial charge in [0.05, 0.1) is 23.7 Å². The number of nitrogens with zero attached hydrogens (tertiary/aromatic N) is 3. The molecule has 0 amide bonds. The molecule has 3 rings (SSSR count). The van der Waals surface area contributed by atoms with Gasteiger partial charge in [0, 0.05) is 31.5 Å². The fourth-order valence-electron chi connectivity index (χ4n) is 2.88. The lowest BCUT2D eigenvalue weighted by molar-refractivity contribution is 0.190. The average molecular weight is 353 g/mol. The molecule has 6 nitrogen and oxygen atoms in total. The van der Waals surface area contributed by atoms with E-state index in [-0.39, 0.29) is 11.6 Å².